The third-order valence-electron chi connectivity index (χ3n) is 4.31. The normalized spacial score (nSPS) is 11.0. The Morgan fingerprint density at radius 1 is 0.962 bits per heavy atom. The number of halogens is 1. The lowest BCUT2D eigenvalue weighted by atomic mass is 10.0. The second kappa shape index (κ2) is 9.58. The Hall–Kier alpha value is -2.07. The van der Waals surface area contributed by atoms with E-state index in [1.807, 2.05) is 24.3 Å². The van der Waals surface area contributed by atoms with Gasteiger partial charge in [0.25, 0.3) is 0 Å². The highest BCUT2D eigenvalue weighted by atomic mass is 35.5. The summed E-state index contributed by atoms with van der Waals surface area (Å²) in [7, 11) is 1.73. The van der Waals surface area contributed by atoms with Crippen LogP contribution in [0.15, 0.2) is 60.7 Å². The predicted octanol–water partition coefficient (Wildman–Crippen LogP) is 5.20. The number of rotatable bonds is 9. The van der Waals surface area contributed by atoms with Crippen LogP contribution >= 0.6 is 11.6 Å². The van der Waals surface area contributed by atoms with E-state index in [2.05, 4.69) is 41.7 Å². The summed E-state index contributed by atoms with van der Waals surface area (Å²) in [5.41, 5.74) is 2.29. The molecule has 0 fully saturated rings. The van der Waals surface area contributed by atoms with Gasteiger partial charge in [-0.15, -0.1) is 0 Å². The van der Waals surface area contributed by atoms with Gasteiger partial charge in [-0.25, -0.2) is 0 Å². The van der Waals surface area contributed by atoms with Crippen molar-refractivity contribution in [1.82, 2.24) is 5.32 Å². The summed E-state index contributed by atoms with van der Waals surface area (Å²) >= 11 is 5.95. The van der Waals surface area contributed by atoms with E-state index in [1.54, 1.807) is 7.11 Å². The van der Waals surface area contributed by atoms with Gasteiger partial charge in [-0.2, -0.15) is 0 Å². The minimum Gasteiger partial charge on any atom is -0.489 e. The highest BCUT2D eigenvalue weighted by molar-refractivity contribution is 6.30. The molecule has 0 heterocycles. The quantitative estimate of drug-likeness (QED) is 0.526. The SMILES string of the molecule is COCCCNCc1c(OCc2ccc(Cl)cc2)ccc2ccccc12. The molecule has 0 aliphatic carbocycles. The maximum atomic E-state index is 6.14. The van der Waals surface area contributed by atoms with Crippen molar-refractivity contribution >= 4 is 22.4 Å². The number of benzene rings is 3. The lowest BCUT2D eigenvalue weighted by Crippen LogP contribution is -2.17. The summed E-state index contributed by atoms with van der Waals surface area (Å²) in [6.45, 7) is 2.96. The van der Waals surface area contributed by atoms with Gasteiger partial charge in [0, 0.05) is 30.8 Å². The van der Waals surface area contributed by atoms with E-state index >= 15 is 0 Å². The Bertz CT molecular complexity index is 833. The maximum absolute atomic E-state index is 6.14. The van der Waals surface area contributed by atoms with Crippen LogP contribution in [0, 0.1) is 0 Å². The van der Waals surface area contributed by atoms with E-state index in [1.165, 1.54) is 16.3 Å². The fraction of sp³-hybridized carbons (Fsp3) is 0.273. The fourth-order valence-corrected chi connectivity index (χ4v) is 3.06. The molecule has 3 aromatic carbocycles. The topological polar surface area (TPSA) is 30.5 Å². The summed E-state index contributed by atoms with van der Waals surface area (Å²) in [4.78, 5) is 0. The first-order chi connectivity index (χ1) is 12.8. The lowest BCUT2D eigenvalue weighted by molar-refractivity contribution is 0.194. The number of ether oxygens (including phenoxy) is 2. The molecule has 26 heavy (non-hydrogen) atoms. The molecule has 136 valence electrons. The van der Waals surface area contributed by atoms with Crippen LogP contribution < -0.4 is 10.1 Å². The summed E-state index contributed by atoms with van der Waals surface area (Å²) in [6, 6.07) is 20.3. The van der Waals surface area contributed by atoms with E-state index in [-0.39, 0.29) is 0 Å². The first kappa shape index (κ1) is 18.7. The molecule has 3 nitrogen and oxygen atoms in total. The Morgan fingerprint density at radius 2 is 1.77 bits per heavy atom. The zero-order valence-corrected chi connectivity index (χ0v) is 15.8. The fourth-order valence-electron chi connectivity index (χ4n) is 2.93. The molecule has 0 aromatic heterocycles. The average Bonchev–Trinajstić information content (AvgIpc) is 2.68. The monoisotopic (exact) mass is 369 g/mol. The molecule has 0 spiro atoms. The lowest BCUT2D eigenvalue weighted by Gasteiger charge is -2.15. The molecule has 0 saturated heterocycles. The van der Waals surface area contributed by atoms with Crippen LogP contribution in [0.1, 0.15) is 17.5 Å². The summed E-state index contributed by atoms with van der Waals surface area (Å²) in [5, 5.41) is 6.68. The van der Waals surface area contributed by atoms with Crippen molar-refractivity contribution in [1.29, 1.82) is 0 Å². The highest BCUT2D eigenvalue weighted by Crippen LogP contribution is 2.29. The van der Waals surface area contributed by atoms with Crippen molar-refractivity contribution < 1.29 is 9.47 Å². The van der Waals surface area contributed by atoms with E-state index in [4.69, 9.17) is 21.1 Å². The van der Waals surface area contributed by atoms with Crippen molar-refractivity contribution in [3.63, 3.8) is 0 Å². The summed E-state index contributed by atoms with van der Waals surface area (Å²) in [5.74, 6) is 0.915. The number of hydrogen-bond acceptors (Lipinski definition) is 3. The molecule has 0 bridgehead atoms. The van der Waals surface area contributed by atoms with Gasteiger partial charge in [-0.3, -0.25) is 0 Å². The highest BCUT2D eigenvalue weighted by Gasteiger charge is 2.09. The summed E-state index contributed by atoms with van der Waals surface area (Å²) in [6.07, 6.45) is 0.988. The first-order valence-electron chi connectivity index (χ1n) is 8.85. The van der Waals surface area contributed by atoms with Gasteiger partial charge in [0.1, 0.15) is 12.4 Å². The van der Waals surface area contributed by atoms with Gasteiger partial charge in [0.15, 0.2) is 0 Å². The smallest absolute Gasteiger partial charge is 0.124 e. The van der Waals surface area contributed by atoms with Crippen molar-refractivity contribution in [2.45, 2.75) is 19.6 Å². The maximum Gasteiger partial charge on any atom is 0.124 e. The van der Waals surface area contributed by atoms with Crippen LogP contribution in [-0.4, -0.2) is 20.3 Å². The molecule has 0 saturated carbocycles. The molecule has 0 radical (unpaired) electrons. The minimum absolute atomic E-state index is 0.520. The van der Waals surface area contributed by atoms with Crippen LogP contribution in [-0.2, 0) is 17.9 Å². The van der Waals surface area contributed by atoms with Crippen LogP contribution in [0.2, 0.25) is 5.02 Å². The molecule has 4 heteroatoms. The van der Waals surface area contributed by atoms with Gasteiger partial charge < -0.3 is 14.8 Å². The van der Waals surface area contributed by atoms with E-state index < -0.39 is 0 Å². The van der Waals surface area contributed by atoms with Crippen molar-refractivity contribution in [2.24, 2.45) is 0 Å². The molecule has 3 rings (SSSR count). The molecule has 0 aliphatic rings. The number of nitrogens with one attached hydrogen (secondary N) is 1. The molecular weight excluding hydrogens is 346 g/mol. The Morgan fingerprint density at radius 3 is 2.58 bits per heavy atom. The second-order valence-electron chi connectivity index (χ2n) is 6.20. The Labute approximate surface area is 159 Å². The summed E-state index contributed by atoms with van der Waals surface area (Å²) < 4.78 is 11.3. The van der Waals surface area contributed by atoms with Crippen molar-refractivity contribution in [3.05, 3.63) is 76.8 Å². The second-order valence-corrected chi connectivity index (χ2v) is 6.64. The molecule has 0 amide bonds. The minimum atomic E-state index is 0.520. The molecule has 0 aliphatic heterocycles. The molecule has 0 atom stereocenters. The molecular formula is C22H24ClNO2. The standard InChI is InChI=1S/C22H24ClNO2/c1-25-14-4-13-24-15-21-20-6-3-2-5-18(20)9-12-22(21)26-16-17-7-10-19(23)11-8-17/h2-3,5-12,24H,4,13-16H2,1H3. The molecule has 0 unspecified atom stereocenters. The third kappa shape index (κ3) is 4.98. The van der Waals surface area contributed by atoms with Gasteiger partial charge in [-0.1, -0.05) is 54.1 Å². The average molecular weight is 370 g/mol. The number of fused-ring (bicyclic) bond motifs is 1. The Balaban J connectivity index is 1.76. The van der Waals surface area contributed by atoms with E-state index in [0.29, 0.717) is 6.61 Å². The van der Waals surface area contributed by atoms with Crippen LogP contribution in [0.3, 0.4) is 0 Å². The zero-order valence-electron chi connectivity index (χ0n) is 15.0. The molecule has 3 aromatic rings. The molecule has 1 N–H and O–H groups in total. The van der Waals surface area contributed by atoms with Crippen molar-refractivity contribution in [2.75, 3.05) is 20.3 Å². The van der Waals surface area contributed by atoms with Crippen LogP contribution in [0.4, 0.5) is 0 Å². The van der Waals surface area contributed by atoms with Crippen LogP contribution in [0.25, 0.3) is 10.8 Å². The van der Waals surface area contributed by atoms with Gasteiger partial charge in [-0.05, 0) is 47.5 Å². The van der Waals surface area contributed by atoms with Gasteiger partial charge >= 0.3 is 0 Å². The van der Waals surface area contributed by atoms with Crippen LogP contribution in [0.5, 0.6) is 5.75 Å². The predicted molar refractivity (Wildman–Crippen MR) is 108 cm³/mol. The number of methoxy groups -OCH3 is 1. The number of hydrogen-bond donors (Lipinski definition) is 1. The van der Waals surface area contributed by atoms with E-state index in [9.17, 15) is 0 Å². The third-order valence-corrected chi connectivity index (χ3v) is 4.56. The van der Waals surface area contributed by atoms with Crippen molar-refractivity contribution in [3.8, 4) is 5.75 Å². The van der Waals surface area contributed by atoms with Gasteiger partial charge in [0.05, 0.1) is 0 Å². The van der Waals surface area contributed by atoms with E-state index in [0.717, 1.165) is 42.5 Å². The van der Waals surface area contributed by atoms with Gasteiger partial charge in [0.2, 0.25) is 0 Å². The Kier molecular flexibility index (Phi) is 6.89. The zero-order chi connectivity index (χ0) is 18.2. The first-order valence-corrected chi connectivity index (χ1v) is 9.23. The largest absolute Gasteiger partial charge is 0.489 e.